The summed E-state index contributed by atoms with van der Waals surface area (Å²) in [7, 11) is 0. The summed E-state index contributed by atoms with van der Waals surface area (Å²) in [6.45, 7) is 6.58. The van der Waals surface area contributed by atoms with Crippen LogP contribution in [0.15, 0.2) is 42.5 Å². The summed E-state index contributed by atoms with van der Waals surface area (Å²) in [5, 5.41) is 12.8. The second kappa shape index (κ2) is 11.0. The molecule has 3 aromatic carbocycles. The molecule has 1 aliphatic rings. The van der Waals surface area contributed by atoms with Gasteiger partial charge in [0.15, 0.2) is 6.23 Å². The molecule has 1 amide bonds. The second-order valence-corrected chi connectivity index (χ2v) is 8.51. The summed E-state index contributed by atoms with van der Waals surface area (Å²) < 4.78 is 32.3. The van der Waals surface area contributed by atoms with Gasteiger partial charge in [0.05, 0.1) is 43.1 Å². The van der Waals surface area contributed by atoms with Gasteiger partial charge >= 0.3 is 5.97 Å². The number of esters is 1. The zero-order valence-electron chi connectivity index (χ0n) is 20.7. The zero-order valence-corrected chi connectivity index (χ0v) is 20.7. The van der Waals surface area contributed by atoms with Crippen molar-refractivity contribution in [2.24, 2.45) is 0 Å². The molecule has 0 bridgehead atoms. The van der Waals surface area contributed by atoms with Gasteiger partial charge < -0.3 is 19.3 Å². The lowest BCUT2D eigenvalue weighted by molar-refractivity contribution is -0.142. The van der Waals surface area contributed by atoms with Gasteiger partial charge in [0, 0.05) is 10.8 Å². The quantitative estimate of drug-likeness (QED) is 0.384. The fourth-order valence-electron chi connectivity index (χ4n) is 4.40. The molecule has 1 unspecified atom stereocenters. The van der Waals surface area contributed by atoms with Gasteiger partial charge in [0.25, 0.3) is 5.91 Å². The molecular formula is C28H30FNO6. The van der Waals surface area contributed by atoms with Gasteiger partial charge in [-0.1, -0.05) is 44.2 Å². The van der Waals surface area contributed by atoms with Gasteiger partial charge in [-0.25, -0.2) is 4.39 Å². The van der Waals surface area contributed by atoms with Crippen LogP contribution in [0.2, 0.25) is 0 Å². The van der Waals surface area contributed by atoms with Crippen LogP contribution in [0.3, 0.4) is 0 Å². The molecule has 0 aliphatic carbocycles. The maximum absolute atomic E-state index is 15.3. The first-order valence-electron chi connectivity index (χ1n) is 12.2. The molecule has 1 aliphatic heterocycles. The van der Waals surface area contributed by atoms with Crippen molar-refractivity contribution in [1.29, 1.82) is 0 Å². The summed E-state index contributed by atoms with van der Waals surface area (Å²) >= 11 is 0. The average Bonchev–Trinajstić information content (AvgIpc) is 3.11. The Kier molecular flexibility index (Phi) is 7.74. The molecule has 1 N–H and O–H groups in total. The number of halogens is 1. The number of fused-ring (bicyclic) bond motifs is 2. The van der Waals surface area contributed by atoms with Crippen LogP contribution in [-0.2, 0) is 16.0 Å². The zero-order chi connectivity index (χ0) is 25.8. The van der Waals surface area contributed by atoms with Crippen molar-refractivity contribution in [2.45, 2.75) is 46.3 Å². The summed E-state index contributed by atoms with van der Waals surface area (Å²) in [5.74, 6) is -1.08. The van der Waals surface area contributed by atoms with E-state index < -0.39 is 23.9 Å². The van der Waals surface area contributed by atoms with Gasteiger partial charge in [-0.2, -0.15) is 0 Å². The number of aliphatic hydroxyl groups is 1. The first kappa shape index (κ1) is 25.4. The minimum Gasteiger partial charge on any atom is -0.492 e. The standard InChI is InChI=1S/C28H30FNO6/c1-4-13-35-25-18-9-7-8-10-19(18)26(36-14-5-2)24-23(25)27(32)30(28(24)33)21-12-11-17(15-20(21)29)16-22(31)34-6-3/h7-12,15,27,32H,4-6,13-14,16H2,1-3H3. The normalized spacial score (nSPS) is 14.8. The fourth-order valence-corrected chi connectivity index (χ4v) is 4.40. The molecule has 0 saturated heterocycles. The van der Waals surface area contributed by atoms with Crippen LogP contribution >= 0.6 is 0 Å². The fraction of sp³-hybridized carbons (Fsp3) is 0.357. The molecule has 8 heteroatoms. The van der Waals surface area contributed by atoms with Gasteiger partial charge in [0.2, 0.25) is 0 Å². The first-order valence-corrected chi connectivity index (χ1v) is 12.2. The van der Waals surface area contributed by atoms with E-state index in [-0.39, 0.29) is 29.8 Å². The Labute approximate surface area is 209 Å². The van der Waals surface area contributed by atoms with Crippen molar-refractivity contribution in [2.75, 3.05) is 24.7 Å². The lowest BCUT2D eigenvalue weighted by Gasteiger charge is -2.22. The SMILES string of the molecule is CCCOc1c2c(c(OCCC)c3ccccc13)C(O)N(c1ccc(CC(=O)OCC)cc1F)C2=O. The lowest BCUT2D eigenvalue weighted by atomic mass is 9.98. The van der Waals surface area contributed by atoms with Crippen molar-refractivity contribution in [3.8, 4) is 11.5 Å². The highest BCUT2D eigenvalue weighted by molar-refractivity contribution is 6.17. The van der Waals surface area contributed by atoms with Gasteiger partial charge in [-0.05, 0) is 37.5 Å². The Morgan fingerprint density at radius 1 is 1.00 bits per heavy atom. The highest BCUT2D eigenvalue weighted by Crippen LogP contribution is 2.50. The molecule has 1 heterocycles. The Morgan fingerprint density at radius 3 is 2.25 bits per heavy atom. The van der Waals surface area contributed by atoms with E-state index in [1.54, 1.807) is 6.92 Å². The van der Waals surface area contributed by atoms with E-state index in [0.29, 0.717) is 47.5 Å². The van der Waals surface area contributed by atoms with E-state index in [4.69, 9.17) is 14.2 Å². The van der Waals surface area contributed by atoms with Crippen LogP contribution < -0.4 is 14.4 Å². The van der Waals surface area contributed by atoms with Crippen molar-refractivity contribution < 1.29 is 33.3 Å². The van der Waals surface area contributed by atoms with Crippen LogP contribution in [-0.4, -0.2) is 36.8 Å². The van der Waals surface area contributed by atoms with Crippen LogP contribution in [0.5, 0.6) is 11.5 Å². The van der Waals surface area contributed by atoms with Crippen molar-refractivity contribution >= 4 is 28.3 Å². The number of anilines is 1. The monoisotopic (exact) mass is 495 g/mol. The van der Waals surface area contributed by atoms with E-state index in [1.807, 2.05) is 38.1 Å². The third-order valence-electron chi connectivity index (χ3n) is 5.92. The molecule has 3 aromatic rings. The molecule has 190 valence electrons. The van der Waals surface area contributed by atoms with Gasteiger partial charge in [-0.3, -0.25) is 14.5 Å². The molecule has 4 rings (SSSR count). The summed E-state index contributed by atoms with van der Waals surface area (Å²) in [6, 6.07) is 11.5. The number of benzene rings is 3. The summed E-state index contributed by atoms with van der Waals surface area (Å²) in [5.41, 5.74) is 0.713. The molecule has 0 spiro atoms. The smallest absolute Gasteiger partial charge is 0.310 e. The number of hydrogen-bond donors (Lipinski definition) is 1. The van der Waals surface area contributed by atoms with Crippen LogP contribution in [0, 0.1) is 5.82 Å². The number of amides is 1. The van der Waals surface area contributed by atoms with Crippen molar-refractivity contribution in [3.63, 3.8) is 0 Å². The Hall–Kier alpha value is -3.65. The van der Waals surface area contributed by atoms with Crippen molar-refractivity contribution in [3.05, 3.63) is 65.0 Å². The Balaban J connectivity index is 1.84. The predicted octanol–water partition coefficient (Wildman–Crippen LogP) is 5.31. The van der Waals surface area contributed by atoms with Crippen LogP contribution in [0.4, 0.5) is 10.1 Å². The van der Waals surface area contributed by atoms with E-state index in [1.165, 1.54) is 18.2 Å². The lowest BCUT2D eigenvalue weighted by Crippen LogP contribution is -2.28. The summed E-state index contributed by atoms with van der Waals surface area (Å²) in [4.78, 5) is 26.6. The predicted molar refractivity (Wildman–Crippen MR) is 134 cm³/mol. The number of ether oxygens (including phenoxy) is 3. The molecule has 7 nitrogen and oxygen atoms in total. The van der Waals surface area contributed by atoms with Crippen LogP contribution in [0.25, 0.3) is 10.8 Å². The highest BCUT2D eigenvalue weighted by Gasteiger charge is 2.44. The molecule has 0 saturated carbocycles. The van der Waals surface area contributed by atoms with Gasteiger partial charge in [-0.15, -0.1) is 0 Å². The summed E-state index contributed by atoms with van der Waals surface area (Å²) in [6.07, 6.45) is -0.147. The topological polar surface area (TPSA) is 85.3 Å². The molecule has 1 atom stereocenters. The number of hydrogen-bond acceptors (Lipinski definition) is 6. The number of aliphatic hydroxyl groups excluding tert-OH is 1. The maximum Gasteiger partial charge on any atom is 0.310 e. The van der Waals surface area contributed by atoms with Crippen LogP contribution in [0.1, 0.15) is 61.3 Å². The third-order valence-corrected chi connectivity index (χ3v) is 5.92. The number of nitrogens with zero attached hydrogens (tertiary/aromatic N) is 1. The second-order valence-electron chi connectivity index (χ2n) is 8.51. The molecular weight excluding hydrogens is 465 g/mol. The molecule has 0 radical (unpaired) electrons. The third kappa shape index (κ3) is 4.60. The largest absolute Gasteiger partial charge is 0.492 e. The molecule has 0 aromatic heterocycles. The van der Waals surface area contributed by atoms with Gasteiger partial charge in [0.1, 0.15) is 17.3 Å². The molecule has 36 heavy (non-hydrogen) atoms. The molecule has 0 fully saturated rings. The van der Waals surface area contributed by atoms with E-state index in [2.05, 4.69) is 0 Å². The minimum absolute atomic E-state index is 0.100. The first-order chi connectivity index (χ1) is 17.4. The van der Waals surface area contributed by atoms with E-state index in [9.17, 15) is 14.7 Å². The van der Waals surface area contributed by atoms with E-state index >= 15 is 4.39 Å². The maximum atomic E-state index is 15.3. The highest BCUT2D eigenvalue weighted by atomic mass is 19.1. The van der Waals surface area contributed by atoms with Crippen molar-refractivity contribution in [1.82, 2.24) is 0 Å². The Bertz CT molecular complexity index is 1290. The number of rotatable bonds is 10. The Morgan fingerprint density at radius 2 is 1.64 bits per heavy atom. The number of carbonyl (C=O) groups excluding carboxylic acids is 2. The average molecular weight is 496 g/mol. The van der Waals surface area contributed by atoms with E-state index in [0.717, 1.165) is 11.3 Å². The minimum atomic E-state index is -1.49. The number of carbonyl (C=O) groups is 2.